The first-order valence-corrected chi connectivity index (χ1v) is 6.30. The van der Waals surface area contributed by atoms with Crippen molar-refractivity contribution in [3.05, 3.63) is 34.9 Å². The van der Waals surface area contributed by atoms with E-state index < -0.39 is 0 Å². The van der Waals surface area contributed by atoms with E-state index in [-0.39, 0.29) is 12.4 Å². The van der Waals surface area contributed by atoms with Gasteiger partial charge >= 0.3 is 0 Å². The highest BCUT2D eigenvalue weighted by molar-refractivity contribution is 6.30. The van der Waals surface area contributed by atoms with Gasteiger partial charge in [-0.25, -0.2) is 0 Å². The van der Waals surface area contributed by atoms with Gasteiger partial charge in [0.2, 0.25) is 0 Å². The normalized spacial score (nSPS) is 11.1. The molecule has 0 saturated heterocycles. The Hall–Kier alpha value is -0.240. The van der Waals surface area contributed by atoms with Gasteiger partial charge in [-0.2, -0.15) is 0 Å². The van der Waals surface area contributed by atoms with Gasteiger partial charge in [0, 0.05) is 5.02 Å². The third-order valence-corrected chi connectivity index (χ3v) is 2.64. The van der Waals surface area contributed by atoms with Crippen molar-refractivity contribution in [2.45, 2.75) is 33.6 Å². The molecule has 0 radical (unpaired) electrons. The zero-order chi connectivity index (χ0) is 12.0. The predicted octanol–water partition coefficient (Wildman–Crippen LogP) is 4.33. The molecule has 0 atom stereocenters. The topological polar surface area (TPSA) is 12.0 Å². The lowest BCUT2D eigenvalue weighted by molar-refractivity contribution is 0.379. The zero-order valence-electron chi connectivity index (χ0n) is 10.9. The Balaban J connectivity index is 0.00000256. The van der Waals surface area contributed by atoms with Crippen molar-refractivity contribution in [2.24, 2.45) is 5.41 Å². The van der Waals surface area contributed by atoms with Crippen LogP contribution in [-0.4, -0.2) is 13.1 Å². The Morgan fingerprint density at radius 3 is 2.24 bits per heavy atom. The number of nitrogens with one attached hydrogen (secondary N) is 1. The van der Waals surface area contributed by atoms with Crippen LogP contribution in [0.2, 0.25) is 5.02 Å². The van der Waals surface area contributed by atoms with Crippen LogP contribution in [0, 0.1) is 5.41 Å². The van der Waals surface area contributed by atoms with Crippen molar-refractivity contribution < 1.29 is 0 Å². The molecule has 3 heteroatoms. The fourth-order valence-corrected chi connectivity index (χ4v) is 1.66. The molecule has 0 bridgehead atoms. The summed E-state index contributed by atoms with van der Waals surface area (Å²) >= 11 is 5.83. The van der Waals surface area contributed by atoms with Gasteiger partial charge < -0.3 is 5.32 Å². The van der Waals surface area contributed by atoms with Crippen LogP contribution in [0.5, 0.6) is 0 Å². The van der Waals surface area contributed by atoms with Crippen LogP contribution in [0.3, 0.4) is 0 Å². The van der Waals surface area contributed by atoms with E-state index >= 15 is 0 Å². The lowest BCUT2D eigenvalue weighted by Crippen LogP contribution is -2.27. The van der Waals surface area contributed by atoms with Crippen molar-refractivity contribution in [1.29, 1.82) is 0 Å². The van der Waals surface area contributed by atoms with Crippen LogP contribution < -0.4 is 5.32 Å². The van der Waals surface area contributed by atoms with Crippen molar-refractivity contribution >= 4 is 24.0 Å². The summed E-state index contributed by atoms with van der Waals surface area (Å²) in [5.41, 5.74) is 1.74. The molecular weight excluding hydrogens is 253 g/mol. The van der Waals surface area contributed by atoms with Crippen LogP contribution >= 0.6 is 24.0 Å². The summed E-state index contributed by atoms with van der Waals surface area (Å²) in [5, 5.41) is 4.30. The summed E-state index contributed by atoms with van der Waals surface area (Å²) < 4.78 is 0. The van der Waals surface area contributed by atoms with Gasteiger partial charge in [-0.15, -0.1) is 12.4 Å². The zero-order valence-corrected chi connectivity index (χ0v) is 12.5. The van der Waals surface area contributed by atoms with Crippen LogP contribution in [0.15, 0.2) is 24.3 Å². The number of rotatable bonds is 5. The van der Waals surface area contributed by atoms with E-state index in [1.165, 1.54) is 12.0 Å². The van der Waals surface area contributed by atoms with E-state index in [9.17, 15) is 0 Å². The first-order valence-electron chi connectivity index (χ1n) is 5.92. The average molecular weight is 276 g/mol. The van der Waals surface area contributed by atoms with Gasteiger partial charge in [-0.05, 0) is 49.0 Å². The third-order valence-electron chi connectivity index (χ3n) is 2.39. The summed E-state index contributed by atoms with van der Waals surface area (Å²) in [4.78, 5) is 0. The summed E-state index contributed by atoms with van der Waals surface area (Å²) in [7, 11) is 0. The smallest absolute Gasteiger partial charge is 0.0406 e. The molecule has 0 saturated carbocycles. The minimum absolute atomic E-state index is 0. The number of halogens is 2. The number of benzene rings is 1. The van der Waals surface area contributed by atoms with Crippen LogP contribution in [-0.2, 0) is 6.42 Å². The van der Waals surface area contributed by atoms with Crippen molar-refractivity contribution in [2.75, 3.05) is 13.1 Å². The Morgan fingerprint density at radius 2 is 1.71 bits per heavy atom. The van der Waals surface area contributed by atoms with E-state index in [1.54, 1.807) is 0 Å². The summed E-state index contributed by atoms with van der Waals surface area (Å²) in [6.45, 7) is 8.91. The van der Waals surface area contributed by atoms with E-state index in [0.717, 1.165) is 24.5 Å². The molecule has 0 aliphatic heterocycles. The van der Waals surface area contributed by atoms with Gasteiger partial charge in [-0.1, -0.05) is 44.5 Å². The highest BCUT2D eigenvalue weighted by Crippen LogP contribution is 2.12. The monoisotopic (exact) mass is 275 g/mol. The molecule has 1 nitrogen and oxygen atoms in total. The first kappa shape index (κ1) is 16.8. The molecule has 1 aromatic rings. The molecule has 98 valence electrons. The number of aryl methyl sites for hydroxylation is 1. The van der Waals surface area contributed by atoms with Gasteiger partial charge in [0.1, 0.15) is 0 Å². The Bertz CT molecular complexity index is 301. The van der Waals surface area contributed by atoms with E-state index in [2.05, 4.69) is 38.2 Å². The molecule has 1 rings (SSSR count). The second-order valence-electron chi connectivity index (χ2n) is 5.47. The minimum atomic E-state index is 0. The second-order valence-corrected chi connectivity index (χ2v) is 5.90. The van der Waals surface area contributed by atoms with E-state index in [0.29, 0.717) is 5.41 Å². The third kappa shape index (κ3) is 8.48. The molecule has 0 amide bonds. The molecule has 0 aromatic heterocycles. The maximum absolute atomic E-state index is 5.83. The quantitative estimate of drug-likeness (QED) is 0.789. The van der Waals surface area contributed by atoms with Gasteiger partial charge in [0.05, 0.1) is 0 Å². The highest BCUT2D eigenvalue weighted by atomic mass is 35.5. The summed E-state index contributed by atoms with van der Waals surface area (Å²) in [6.07, 6.45) is 2.30. The number of hydrogen-bond acceptors (Lipinski definition) is 1. The van der Waals surface area contributed by atoms with Gasteiger partial charge in [0.25, 0.3) is 0 Å². The molecule has 0 heterocycles. The summed E-state index contributed by atoms with van der Waals surface area (Å²) in [6, 6.07) is 8.12. The van der Waals surface area contributed by atoms with Crippen LogP contribution in [0.1, 0.15) is 32.8 Å². The van der Waals surface area contributed by atoms with E-state index in [1.807, 2.05) is 12.1 Å². The maximum Gasteiger partial charge on any atom is 0.0406 e. The van der Waals surface area contributed by atoms with Gasteiger partial charge in [0.15, 0.2) is 0 Å². The second kappa shape index (κ2) is 7.97. The SMILES string of the molecule is CC(C)(C)CNCCCc1ccc(Cl)cc1.Cl. The fraction of sp³-hybridized carbons (Fsp3) is 0.571. The van der Waals surface area contributed by atoms with Crippen molar-refractivity contribution in [3.63, 3.8) is 0 Å². The maximum atomic E-state index is 5.83. The molecule has 1 aromatic carbocycles. The van der Waals surface area contributed by atoms with Crippen molar-refractivity contribution in [1.82, 2.24) is 5.32 Å². The molecule has 0 aliphatic rings. The molecule has 0 aliphatic carbocycles. The van der Waals surface area contributed by atoms with Crippen LogP contribution in [0.25, 0.3) is 0 Å². The molecule has 0 fully saturated rings. The van der Waals surface area contributed by atoms with Gasteiger partial charge in [-0.3, -0.25) is 0 Å². The molecule has 1 N–H and O–H groups in total. The Labute approximate surface area is 116 Å². The van der Waals surface area contributed by atoms with Crippen LogP contribution in [0.4, 0.5) is 0 Å². The average Bonchev–Trinajstić information content (AvgIpc) is 2.19. The fourth-order valence-electron chi connectivity index (χ4n) is 1.53. The summed E-state index contributed by atoms with van der Waals surface area (Å²) in [5.74, 6) is 0. The first-order chi connectivity index (χ1) is 7.47. The molecular formula is C14H23Cl2N. The van der Waals surface area contributed by atoms with E-state index in [4.69, 9.17) is 11.6 Å². The minimum Gasteiger partial charge on any atom is -0.316 e. The Morgan fingerprint density at radius 1 is 1.12 bits per heavy atom. The Kier molecular flexibility index (Phi) is 7.85. The standard InChI is InChI=1S/C14H22ClN.ClH/c1-14(2,3)11-16-10-4-5-12-6-8-13(15)9-7-12;/h6-9,16H,4-5,10-11H2,1-3H3;1H. The largest absolute Gasteiger partial charge is 0.316 e. The highest BCUT2D eigenvalue weighted by Gasteiger charge is 2.08. The predicted molar refractivity (Wildman–Crippen MR) is 79.3 cm³/mol. The van der Waals surface area contributed by atoms with Crippen molar-refractivity contribution in [3.8, 4) is 0 Å². The molecule has 0 spiro atoms. The lowest BCUT2D eigenvalue weighted by Gasteiger charge is -2.18. The molecule has 0 unspecified atom stereocenters. The lowest BCUT2D eigenvalue weighted by atomic mass is 9.97. The molecule has 17 heavy (non-hydrogen) atoms. The number of hydrogen-bond donors (Lipinski definition) is 1.